The van der Waals surface area contributed by atoms with Gasteiger partial charge in [-0.3, -0.25) is 0 Å². The van der Waals surface area contributed by atoms with E-state index < -0.39 is 16.6 Å². The maximum atomic E-state index is 9.28. The first kappa shape index (κ1) is 27.5. The zero-order valence-corrected chi connectivity index (χ0v) is 24.2. The van der Waals surface area contributed by atoms with Gasteiger partial charge in [-0.15, -0.1) is 5.73 Å². The third-order valence-corrected chi connectivity index (χ3v) is 12.1. The van der Waals surface area contributed by atoms with Crippen molar-refractivity contribution >= 4 is 48.5 Å². The molecular weight excluding hydrogens is 532 g/mol. The lowest BCUT2D eigenvalue weighted by atomic mass is 10.0. The molecule has 0 aromatic carbocycles. The first-order valence-electron chi connectivity index (χ1n) is 10.2. The highest BCUT2D eigenvalue weighted by molar-refractivity contribution is 9.11. The molecule has 0 aromatic heterocycles. The van der Waals surface area contributed by atoms with Gasteiger partial charge < -0.3 is 18.7 Å². The Hall–Kier alpha value is 0.494. The molecule has 4 nitrogen and oxygen atoms in total. The molecule has 0 aromatic rings. The number of aliphatic hydroxyl groups is 1. The molecule has 1 aliphatic rings. The third-order valence-electron chi connectivity index (χ3n) is 5.31. The summed E-state index contributed by atoms with van der Waals surface area (Å²) in [5.74, 6) is 0. The average Bonchev–Trinajstić information content (AvgIpc) is 2.96. The van der Waals surface area contributed by atoms with Gasteiger partial charge in [-0.1, -0.05) is 64.8 Å². The molecular formula is C21H38Br2O4Si2. The van der Waals surface area contributed by atoms with Gasteiger partial charge in [-0.05, 0) is 43.8 Å². The van der Waals surface area contributed by atoms with E-state index in [1.807, 2.05) is 12.2 Å². The molecule has 0 bridgehead atoms. The molecule has 168 valence electrons. The molecule has 0 spiro atoms. The van der Waals surface area contributed by atoms with Gasteiger partial charge in [0.05, 0.1) is 35.8 Å². The number of hydrogen-bond acceptors (Lipinski definition) is 4. The Morgan fingerprint density at radius 1 is 1.24 bits per heavy atom. The fourth-order valence-electron chi connectivity index (χ4n) is 2.91. The smallest absolute Gasteiger partial charge is 0.192 e. The van der Waals surface area contributed by atoms with Crippen molar-refractivity contribution in [3.05, 3.63) is 28.9 Å². The summed E-state index contributed by atoms with van der Waals surface area (Å²) in [7, 11) is -3.77. The largest absolute Gasteiger partial charge is 0.411 e. The quantitative estimate of drug-likeness (QED) is 0.157. The van der Waals surface area contributed by atoms with E-state index in [1.54, 1.807) is 11.1 Å². The van der Waals surface area contributed by atoms with Crippen molar-refractivity contribution < 1.29 is 18.7 Å². The second-order valence-corrected chi connectivity index (χ2v) is 20.7. The highest BCUT2D eigenvalue weighted by atomic mass is 79.9. The van der Waals surface area contributed by atoms with Gasteiger partial charge in [0.2, 0.25) is 0 Å². The van der Waals surface area contributed by atoms with E-state index in [4.69, 9.17) is 13.6 Å². The van der Waals surface area contributed by atoms with Gasteiger partial charge in [0.1, 0.15) is 0 Å². The molecule has 0 radical (unpaired) electrons. The maximum absolute atomic E-state index is 9.28. The number of aliphatic hydroxyl groups excluding tert-OH is 1. The molecule has 1 heterocycles. The van der Waals surface area contributed by atoms with Crippen LogP contribution in [0.15, 0.2) is 28.9 Å². The number of hydrogen-bond donors (Lipinski definition) is 1. The molecule has 0 amide bonds. The van der Waals surface area contributed by atoms with Crippen molar-refractivity contribution in [2.45, 2.75) is 94.2 Å². The Morgan fingerprint density at radius 2 is 1.86 bits per heavy atom. The summed E-state index contributed by atoms with van der Waals surface area (Å²) in [6, 6.07) is 0. The fourth-order valence-corrected chi connectivity index (χ4v) is 6.39. The second kappa shape index (κ2) is 11.4. The topological polar surface area (TPSA) is 47.9 Å². The van der Waals surface area contributed by atoms with Gasteiger partial charge >= 0.3 is 0 Å². The Kier molecular flexibility index (Phi) is 10.8. The zero-order valence-electron chi connectivity index (χ0n) is 19.0. The SMILES string of the molecule is CC(C)(C)[Si](C)(C)O[C@H]1C[C@H](C=C=CBr)O[C@H]1[C@@H](Br)[C@@H](/C=C/CO)O[Si](C)(C)C. The third kappa shape index (κ3) is 8.87. The van der Waals surface area contributed by atoms with Crippen molar-refractivity contribution in [1.29, 1.82) is 0 Å². The lowest BCUT2D eigenvalue weighted by molar-refractivity contribution is 0.0123. The van der Waals surface area contributed by atoms with Crippen LogP contribution >= 0.6 is 31.9 Å². The van der Waals surface area contributed by atoms with Crippen LogP contribution in [-0.2, 0) is 13.6 Å². The Labute approximate surface area is 196 Å². The molecule has 0 aliphatic carbocycles. The van der Waals surface area contributed by atoms with E-state index in [-0.39, 0.29) is 40.9 Å². The van der Waals surface area contributed by atoms with Crippen molar-refractivity contribution in [3.8, 4) is 0 Å². The summed E-state index contributed by atoms with van der Waals surface area (Å²) >= 11 is 7.14. The van der Waals surface area contributed by atoms with Crippen LogP contribution in [0.2, 0.25) is 37.8 Å². The maximum Gasteiger partial charge on any atom is 0.192 e. The minimum Gasteiger partial charge on any atom is -0.411 e. The Morgan fingerprint density at radius 3 is 2.34 bits per heavy atom. The van der Waals surface area contributed by atoms with Crippen molar-refractivity contribution in [2.24, 2.45) is 0 Å². The summed E-state index contributed by atoms with van der Waals surface area (Å²) in [6.45, 7) is 17.8. The van der Waals surface area contributed by atoms with Crippen LogP contribution < -0.4 is 0 Å². The van der Waals surface area contributed by atoms with Gasteiger partial charge in [0.15, 0.2) is 16.6 Å². The predicted octanol–water partition coefficient (Wildman–Crippen LogP) is 6.13. The first-order valence-corrected chi connectivity index (χ1v) is 18.3. The van der Waals surface area contributed by atoms with Crippen molar-refractivity contribution in [3.63, 3.8) is 0 Å². The van der Waals surface area contributed by atoms with Gasteiger partial charge in [-0.25, -0.2) is 0 Å². The normalized spacial score (nSPS) is 25.7. The van der Waals surface area contributed by atoms with Gasteiger partial charge in [0, 0.05) is 11.4 Å². The van der Waals surface area contributed by atoms with E-state index in [2.05, 4.69) is 91.1 Å². The number of halogens is 2. The number of ether oxygens (including phenoxy) is 1. The highest BCUT2D eigenvalue weighted by Gasteiger charge is 2.47. The van der Waals surface area contributed by atoms with E-state index in [0.29, 0.717) is 0 Å². The van der Waals surface area contributed by atoms with E-state index >= 15 is 0 Å². The van der Waals surface area contributed by atoms with Crippen LogP contribution in [0, 0.1) is 0 Å². The molecule has 1 fully saturated rings. The van der Waals surface area contributed by atoms with Crippen LogP contribution in [0.1, 0.15) is 27.2 Å². The van der Waals surface area contributed by atoms with Crippen molar-refractivity contribution in [2.75, 3.05) is 6.61 Å². The van der Waals surface area contributed by atoms with Crippen LogP contribution in [0.25, 0.3) is 0 Å². The standard InChI is InChI=1S/C21H38Br2O4Si2/c1-21(2,3)29(7,8)27-18-15-16(11-9-13-22)25-20(18)19(23)17(12-10-14-24)26-28(4,5)6/h10-13,16-20,24H,14-15H2,1-8H3/b12-10+/t9?,16-,17+,18-,19-,20+/m0/s1. The van der Waals surface area contributed by atoms with Crippen LogP contribution in [0.5, 0.6) is 0 Å². The molecule has 1 aliphatic heterocycles. The lowest BCUT2D eigenvalue weighted by Crippen LogP contribution is -2.50. The summed E-state index contributed by atoms with van der Waals surface area (Å²) in [5, 5.41) is 9.40. The molecule has 5 atom stereocenters. The molecule has 1 N–H and O–H groups in total. The molecule has 29 heavy (non-hydrogen) atoms. The minimum atomic E-state index is -1.97. The molecule has 1 saturated heterocycles. The minimum absolute atomic E-state index is 0.0118. The van der Waals surface area contributed by atoms with E-state index in [9.17, 15) is 5.11 Å². The van der Waals surface area contributed by atoms with E-state index in [1.165, 1.54) is 0 Å². The summed E-state index contributed by atoms with van der Waals surface area (Å²) in [4.78, 5) is 1.62. The van der Waals surface area contributed by atoms with Gasteiger partial charge in [-0.2, -0.15) is 0 Å². The fraction of sp³-hybridized carbons (Fsp3) is 0.762. The Bertz CT molecular complexity index is 605. The summed E-state index contributed by atoms with van der Waals surface area (Å²) in [5.41, 5.74) is 3.08. The lowest BCUT2D eigenvalue weighted by Gasteiger charge is -2.40. The average molecular weight is 571 g/mol. The molecule has 1 rings (SSSR count). The highest BCUT2D eigenvalue weighted by Crippen LogP contribution is 2.41. The van der Waals surface area contributed by atoms with Gasteiger partial charge in [0.25, 0.3) is 0 Å². The number of rotatable bonds is 9. The van der Waals surface area contributed by atoms with Crippen LogP contribution in [0.3, 0.4) is 0 Å². The molecule has 0 unspecified atom stereocenters. The molecule has 0 saturated carbocycles. The van der Waals surface area contributed by atoms with Crippen LogP contribution in [0.4, 0.5) is 0 Å². The molecule has 8 heteroatoms. The zero-order chi connectivity index (χ0) is 22.5. The number of alkyl halides is 1. The summed E-state index contributed by atoms with van der Waals surface area (Å²) < 4.78 is 19.6. The monoisotopic (exact) mass is 568 g/mol. The van der Waals surface area contributed by atoms with Crippen molar-refractivity contribution in [1.82, 2.24) is 0 Å². The predicted molar refractivity (Wildman–Crippen MR) is 134 cm³/mol. The Balaban J connectivity index is 3.17. The van der Waals surface area contributed by atoms with Crippen LogP contribution in [-0.4, -0.2) is 57.6 Å². The second-order valence-electron chi connectivity index (χ2n) is 9.98. The van der Waals surface area contributed by atoms with E-state index in [0.717, 1.165) is 6.42 Å². The first-order chi connectivity index (χ1) is 13.2. The summed E-state index contributed by atoms with van der Waals surface area (Å²) in [6.07, 6.45) is 5.96.